The zero-order chi connectivity index (χ0) is 12.1. The van der Waals surface area contributed by atoms with Gasteiger partial charge in [-0.1, -0.05) is 19.3 Å². The fourth-order valence-electron chi connectivity index (χ4n) is 2.82. The van der Waals surface area contributed by atoms with Crippen LogP contribution in [0.4, 0.5) is 0 Å². The Morgan fingerprint density at radius 2 is 2.12 bits per heavy atom. The Morgan fingerprint density at radius 1 is 1.35 bits per heavy atom. The predicted octanol–water partition coefficient (Wildman–Crippen LogP) is 1.19. The zero-order valence-corrected chi connectivity index (χ0v) is 10.5. The lowest BCUT2D eigenvalue weighted by atomic mass is 9.80. The van der Waals surface area contributed by atoms with Crippen molar-refractivity contribution >= 4 is 5.91 Å². The molecule has 1 saturated carbocycles. The molecule has 0 aromatic rings. The Morgan fingerprint density at radius 3 is 2.76 bits per heavy atom. The molecule has 3 N–H and O–H groups in total. The highest BCUT2D eigenvalue weighted by Crippen LogP contribution is 2.28. The quantitative estimate of drug-likeness (QED) is 0.776. The number of hydrogen-bond donors (Lipinski definition) is 2. The van der Waals surface area contributed by atoms with Gasteiger partial charge in [-0.3, -0.25) is 4.79 Å². The van der Waals surface area contributed by atoms with Crippen LogP contribution in [0.2, 0.25) is 0 Å². The second-order valence-corrected chi connectivity index (χ2v) is 5.63. The molecule has 2 rings (SSSR count). The van der Waals surface area contributed by atoms with E-state index < -0.39 is 0 Å². The molecule has 2 fully saturated rings. The third-order valence-electron chi connectivity index (χ3n) is 3.97. The first-order valence-electron chi connectivity index (χ1n) is 6.81. The van der Waals surface area contributed by atoms with Crippen molar-refractivity contribution in [2.45, 2.75) is 50.5 Å². The van der Waals surface area contributed by atoms with Gasteiger partial charge in [-0.25, -0.2) is 0 Å². The first-order valence-corrected chi connectivity index (χ1v) is 6.81. The van der Waals surface area contributed by atoms with E-state index in [1.54, 1.807) is 0 Å². The molecule has 4 heteroatoms. The van der Waals surface area contributed by atoms with Gasteiger partial charge in [-0.2, -0.15) is 0 Å². The van der Waals surface area contributed by atoms with Gasteiger partial charge < -0.3 is 15.8 Å². The maximum Gasteiger partial charge on any atom is 0.221 e. The normalized spacial score (nSPS) is 27.9. The first-order chi connectivity index (χ1) is 8.18. The molecule has 1 saturated heterocycles. The van der Waals surface area contributed by atoms with Crippen molar-refractivity contribution in [3.05, 3.63) is 0 Å². The van der Waals surface area contributed by atoms with Crippen molar-refractivity contribution < 1.29 is 9.53 Å². The van der Waals surface area contributed by atoms with E-state index in [0.717, 1.165) is 39.0 Å². The number of ether oxygens (including phenoxy) is 1. The standard InChI is InChI=1S/C13H24N2O2/c14-13(5-2-1-3-6-13)8-12(16)15-9-11-4-7-17-10-11/h11H,1-10,14H2,(H,15,16). The summed E-state index contributed by atoms with van der Waals surface area (Å²) < 4.78 is 5.28. The summed E-state index contributed by atoms with van der Waals surface area (Å²) in [6, 6.07) is 0. The summed E-state index contributed by atoms with van der Waals surface area (Å²) in [5.74, 6) is 0.611. The minimum atomic E-state index is -0.242. The predicted molar refractivity (Wildman–Crippen MR) is 66.6 cm³/mol. The molecule has 0 aromatic heterocycles. The van der Waals surface area contributed by atoms with Crippen LogP contribution in [-0.2, 0) is 9.53 Å². The highest BCUT2D eigenvalue weighted by Gasteiger charge is 2.30. The van der Waals surface area contributed by atoms with Crippen LogP contribution in [0, 0.1) is 5.92 Å². The summed E-state index contributed by atoms with van der Waals surface area (Å²) in [5.41, 5.74) is 6.02. The number of nitrogens with one attached hydrogen (secondary N) is 1. The molecule has 0 aromatic carbocycles. The molecule has 2 aliphatic rings. The van der Waals surface area contributed by atoms with Gasteiger partial charge in [0.25, 0.3) is 0 Å². The Balaban J connectivity index is 1.68. The molecule has 1 aliphatic heterocycles. The molecule has 1 atom stereocenters. The van der Waals surface area contributed by atoms with Crippen LogP contribution in [0.15, 0.2) is 0 Å². The minimum Gasteiger partial charge on any atom is -0.381 e. The van der Waals surface area contributed by atoms with Crippen molar-refractivity contribution in [1.82, 2.24) is 5.32 Å². The molecular formula is C13H24N2O2. The highest BCUT2D eigenvalue weighted by atomic mass is 16.5. The fraction of sp³-hybridized carbons (Fsp3) is 0.923. The van der Waals surface area contributed by atoms with E-state index in [2.05, 4.69) is 5.32 Å². The maximum absolute atomic E-state index is 11.8. The number of carbonyl (C=O) groups excluding carboxylic acids is 1. The molecule has 1 aliphatic carbocycles. The van der Waals surface area contributed by atoms with Crippen LogP contribution < -0.4 is 11.1 Å². The van der Waals surface area contributed by atoms with Gasteiger partial charge >= 0.3 is 0 Å². The van der Waals surface area contributed by atoms with Gasteiger partial charge in [0.05, 0.1) is 6.61 Å². The SMILES string of the molecule is NC1(CC(=O)NCC2CCOC2)CCCCC1. The van der Waals surface area contributed by atoms with Crippen molar-refractivity contribution in [2.24, 2.45) is 11.7 Å². The largest absolute Gasteiger partial charge is 0.381 e. The van der Waals surface area contributed by atoms with E-state index >= 15 is 0 Å². The lowest BCUT2D eigenvalue weighted by Gasteiger charge is -2.32. The molecule has 1 unspecified atom stereocenters. The molecule has 98 valence electrons. The second kappa shape index (κ2) is 5.83. The minimum absolute atomic E-state index is 0.112. The number of amides is 1. The topological polar surface area (TPSA) is 64.4 Å². The van der Waals surface area contributed by atoms with Crippen LogP contribution in [0.5, 0.6) is 0 Å². The molecule has 0 bridgehead atoms. The van der Waals surface area contributed by atoms with Gasteiger partial charge in [0.2, 0.25) is 5.91 Å². The molecule has 17 heavy (non-hydrogen) atoms. The number of hydrogen-bond acceptors (Lipinski definition) is 3. The number of carbonyl (C=O) groups is 1. The molecule has 0 radical (unpaired) electrons. The fourth-order valence-corrected chi connectivity index (χ4v) is 2.82. The summed E-state index contributed by atoms with van der Waals surface area (Å²) in [5, 5.41) is 3.00. The molecule has 1 amide bonds. The van der Waals surface area contributed by atoms with Crippen LogP contribution in [0.3, 0.4) is 0 Å². The third-order valence-corrected chi connectivity index (χ3v) is 3.97. The Bertz CT molecular complexity index is 256. The second-order valence-electron chi connectivity index (χ2n) is 5.63. The highest BCUT2D eigenvalue weighted by molar-refractivity contribution is 5.77. The van der Waals surface area contributed by atoms with Crippen molar-refractivity contribution in [1.29, 1.82) is 0 Å². The molecule has 1 heterocycles. The summed E-state index contributed by atoms with van der Waals surface area (Å²) in [6.45, 7) is 2.37. The lowest BCUT2D eigenvalue weighted by molar-refractivity contribution is -0.122. The lowest BCUT2D eigenvalue weighted by Crippen LogP contribution is -2.46. The zero-order valence-electron chi connectivity index (χ0n) is 10.5. The van der Waals surface area contributed by atoms with Crippen LogP contribution in [0.25, 0.3) is 0 Å². The Kier molecular flexibility index (Phi) is 4.40. The van der Waals surface area contributed by atoms with Gasteiger partial charge in [0.15, 0.2) is 0 Å². The van der Waals surface area contributed by atoms with E-state index in [1.165, 1.54) is 19.3 Å². The maximum atomic E-state index is 11.8. The van der Waals surface area contributed by atoms with E-state index in [4.69, 9.17) is 10.5 Å². The Labute approximate surface area is 103 Å². The molecule has 4 nitrogen and oxygen atoms in total. The third kappa shape index (κ3) is 3.96. The van der Waals surface area contributed by atoms with Gasteiger partial charge in [0.1, 0.15) is 0 Å². The summed E-state index contributed by atoms with van der Waals surface area (Å²) in [6.07, 6.45) is 7.13. The summed E-state index contributed by atoms with van der Waals surface area (Å²) >= 11 is 0. The average molecular weight is 240 g/mol. The first kappa shape index (κ1) is 12.8. The monoisotopic (exact) mass is 240 g/mol. The average Bonchev–Trinajstić information content (AvgIpc) is 2.79. The van der Waals surface area contributed by atoms with Crippen molar-refractivity contribution in [2.75, 3.05) is 19.8 Å². The Hall–Kier alpha value is -0.610. The molecular weight excluding hydrogens is 216 g/mol. The number of nitrogens with two attached hydrogens (primary N) is 1. The van der Waals surface area contributed by atoms with E-state index in [0.29, 0.717) is 12.3 Å². The summed E-state index contributed by atoms with van der Waals surface area (Å²) in [4.78, 5) is 11.8. The van der Waals surface area contributed by atoms with Crippen LogP contribution in [-0.4, -0.2) is 31.2 Å². The van der Waals surface area contributed by atoms with Gasteiger partial charge in [-0.15, -0.1) is 0 Å². The summed E-state index contributed by atoms with van der Waals surface area (Å²) in [7, 11) is 0. The smallest absolute Gasteiger partial charge is 0.221 e. The van der Waals surface area contributed by atoms with E-state index in [-0.39, 0.29) is 11.4 Å². The number of rotatable bonds is 4. The molecule has 0 spiro atoms. The van der Waals surface area contributed by atoms with E-state index in [9.17, 15) is 4.79 Å². The van der Waals surface area contributed by atoms with Crippen molar-refractivity contribution in [3.8, 4) is 0 Å². The van der Waals surface area contributed by atoms with Gasteiger partial charge in [-0.05, 0) is 19.3 Å². The van der Waals surface area contributed by atoms with Crippen molar-refractivity contribution in [3.63, 3.8) is 0 Å². The van der Waals surface area contributed by atoms with Crippen LogP contribution in [0.1, 0.15) is 44.9 Å². The van der Waals surface area contributed by atoms with Gasteiger partial charge in [0, 0.05) is 31.0 Å². The van der Waals surface area contributed by atoms with Crippen LogP contribution >= 0.6 is 0 Å². The van der Waals surface area contributed by atoms with E-state index in [1.807, 2.05) is 0 Å².